The van der Waals surface area contributed by atoms with E-state index in [1.165, 1.54) is 36.4 Å². The first-order valence-electron chi connectivity index (χ1n) is 5.67. The molecule has 0 aliphatic heterocycles. The van der Waals surface area contributed by atoms with Gasteiger partial charge in [-0.15, -0.1) is 0 Å². The Bertz CT molecular complexity index is 597. The summed E-state index contributed by atoms with van der Waals surface area (Å²) in [6.45, 7) is -0.271. The van der Waals surface area contributed by atoms with E-state index in [2.05, 4.69) is 21.2 Å². The summed E-state index contributed by atoms with van der Waals surface area (Å²) in [5.41, 5.74) is 0.459. The smallest absolute Gasteiger partial charge is 0.262 e. The molecule has 104 valence electrons. The molecule has 2 aromatic rings. The van der Waals surface area contributed by atoms with Gasteiger partial charge < -0.3 is 10.1 Å². The van der Waals surface area contributed by atoms with Crippen molar-refractivity contribution in [3.8, 4) is 5.75 Å². The Morgan fingerprint density at radius 2 is 1.80 bits per heavy atom. The van der Waals surface area contributed by atoms with Crippen LogP contribution in [-0.2, 0) is 4.79 Å². The van der Waals surface area contributed by atoms with Gasteiger partial charge in [0.15, 0.2) is 6.61 Å². The molecular formula is C14H10BrF2NO2. The molecule has 0 spiro atoms. The number of carbonyl (C=O) groups excluding carboxylic acids is 1. The number of carbonyl (C=O) groups is 1. The lowest BCUT2D eigenvalue weighted by molar-refractivity contribution is -0.118. The first-order valence-corrected chi connectivity index (χ1v) is 6.46. The molecule has 0 bridgehead atoms. The van der Waals surface area contributed by atoms with Gasteiger partial charge in [-0.05, 0) is 36.4 Å². The van der Waals surface area contributed by atoms with Gasteiger partial charge in [0.05, 0.1) is 0 Å². The lowest BCUT2D eigenvalue weighted by Crippen LogP contribution is -2.20. The number of rotatable bonds is 4. The van der Waals surface area contributed by atoms with Crippen LogP contribution in [0.5, 0.6) is 5.75 Å². The number of halogens is 3. The van der Waals surface area contributed by atoms with Gasteiger partial charge >= 0.3 is 0 Å². The molecule has 6 heteroatoms. The highest BCUT2D eigenvalue weighted by Gasteiger charge is 2.05. The summed E-state index contributed by atoms with van der Waals surface area (Å²) < 4.78 is 31.5. The normalized spacial score (nSPS) is 10.2. The molecule has 0 saturated heterocycles. The minimum absolute atomic E-state index is 0.242. The van der Waals surface area contributed by atoms with E-state index in [0.29, 0.717) is 10.2 Å². The molecule has 0 unspecified atom stereocenters. The zero-order valence-electron chi connectivity index (χ0n) is 10.2. The molecule has 0 atom stereocenters. The Labute approximate surface area is 122 Å². The third kappa shape index (κ3) is 4.31. The molecule has 20 heavy (non-hydrogen) atoms. The van der Waals surface area contributed by atoms with Crippen molar-refractivity contribution in [2.24, 2.45) is 0 Å². The fourth-order valence-corrected chi connectivity index (χ4v) is 1.94. The highest BCUT2D eigenvalue weighted by Crippen LogP contribution is 2.20. The molecule has 1 N–H and O–H groups in total. The summed E-state index contributed by atoms with van der Waals surface area (Å²) in [6.07, 6.45) is 0. The van der Waals surface area contributed by atoms with Crippen LogP contribution in [0.3, 0.4) is 0 Å². The minimum atomic E-state index is -0.465. The van der Waals surface area contributed by atoms with E-state index in [9.17, 15) is 13.6 Å². The summed E-state index contributed by atoms with van der Waals surface area (Å²) in [7, 11) is 0. The Balaban J connectivity index is 1.90. The van der Waals surface area contributed by atoms with E-state index in [0.717, 1.165) is 0 Å². The van der Waals surface area contributed by atoms with Crippen molar-refractivity contribution in [3.05, 3.63) is 58.6 Å². The second-order valence-electron chi connectivity index (χ2n) is 3.95. The molecule has 0 fully saturated rings. The maximum Gasteiger partial charge on any atom is 0.262 e. The van der Waals surface area contributed by atoms with Crippen molar-refractivity contribution in [2.45, 2.75) is 0 Å². The van der Waals surface area contributed by atoms with Gasteiger partial charge in [-0.25, -0.2) is 8.78 Å². The van der Waals surface area contributed by atoms with Gasteiger partial charge in [0.1, 0.15) is 17.4 Å². The third-order valence-electron chi connectivity index (χ3n) is 2.33. The molecule has 2 aromatic carbocycles. The number of hydrogen-bond acceptors (Lipinski definition) is 2. The van der Waals surface area contributed by atoms with Crippen molar-refractivity contribution in [1.82, 2.24) is 0 Å². The molecule has 0 aliphatic carbocycles. The molecule has 0 saturated carbocycles. The summed E-state index contributed by atoms with van der Waals surface area (Å²) in [5.74, 6) is -1.03. The Kier molecular flexibility index (Phi) is 4.68. The zero-order chi connectivity index (χ0) is 14.5. The second-order valence-corrected chi connectivity index (χ2v) is 4.86. The molecule has 1 amide bonds. The Hall–Kier alpha value is -1.95. The first-order chi connectivity index (χ1) is 9.52. The number of benzene rings is 2. The minimum Gasteiger partial charge on any atom is -0.484 e. The van der Waals surface area contributed by atoms with Gasteiger partial charge in [0, 0.05) is 16.2 Å². The van der Waals surface area contributed by atoms with E-state index in [-0.39, 0.29) is 18.2 Å². The lowest BCUT2D eigenvalue weighted by atomic mass is 10.3. The van der Waals surface area contributed by atoms with E-state index in [1.54, 1.807) is 6.07 Å². The maximum absolute atomic E-state index is 13.1. The summed E-state index contributed by atoms with van der Waals surface area (Å²) in [6, 6.07) is 9.36. The molecule has 0 aromatic heterocycles. The SMILES string of the molecule is O=C(COc1cc(F)cc(Br)c1)Nc1ccc(F)cc1. The van der Waals surface area contributed by atoms with E-state index >= 15 is 0 Å². The fraction of sp³-hybridized carbons (Fsp3) is 0.0714. The molecule has 3 nitrogen and oxygen atoms in total. The van der Waals surface area contributed by atoms with E-state index in [4.69, 9.17) is 4.74 Å². The van der Waals surface area contributed by atoms with Crippen LogP contribution in [0.15, 0.2) is 46.9 Å². The maximum atomic E-state index is 13.1. The number of hydrogen-bond donors (Lipinski definition) is 1. The second kappa shape index (κ2) is 6.47. The van der Waals surface area contributed by atoms with Crippen molar-refractivity contribution in [1.29, 1.82) is 0 Å². The van der Waals surface area contributed by atoms with Crippen LogP contribution in [0.2, 0.25) is 0 Å². The van der Waals surface area contributed by atoms with E-state index in [1.807, 2.05) is 0 Å². The molecule has 0 aliphatic rings. The Morgan fingerprint density at radius 1 is 1.10 bits per heavy atom. The van der Waals surface area contributed by atoms with Gasteiger partial charge in [-0.3, -0.25) is 4.79 Å². The molecule has 0 radical (unpaired) electrons. The Morgan fingerprint density at radius 3 is 2.45 bits per heavy atom. The van der Waals surface area contributed by atoms with Crippen molar-refractivity contribution >= 4 is 27.5 Å². The van der Waals surface area contributed by atoms with E-state index < -0.39 is 11.7 Å². The summed E-state index contributed by atoms with van der Waals surface area (Å²) >= 11 is 3.12. The van der Waals surface area contributed by atoms with Gasteiger partial charge in [0.2, 0.25) is 0 Å². The monoisotopic (exact) mass is 341 g/mol. The van der Waals surface area contributed by atoms with Gasteiger partial charge in [-0.2, -0.15) is 0 Å². The van der Waals surface area contributed by atoms with Crippen molar-refractivity contribution in [3.63, 3.8) is 0 Å². The molecular weight excluding hydrogens is 332 g/mol. The van der Waals surface area contributed by atoms with Crippen LogP contribution in [0.25, 0.3) is 0 Å². The van der Waals surface area contributed by atoms with Crippen molar-refractivity contribution in [2.75, 3.05) is 11.9 Å². The average molecular weight is 342 g/mol. The van der Waals surface area contributed by atoms with Crippen LogP contribution in [0, 0.1) is 11.6 Å². The van der Waals surface area contributed by atoms with Crippen molar-refractivity contribution < 1.29 is 18.3 Å². The number of ether oxygens (including phenoxy) is 1. The topological polar surface area (TPSA) is 38.3 Å². The molecule has 2 rings (SSSR count). The van der Waals surface area contributed by atoms with Gasteiger partial charge in [-0.1, -0.05) is 15.9 Å². The standard InChI is InChI=1S/C14H10BrF2NO2/c15-9-5-11(17)7-13(6-9)20-8-14(19)18-12-3-1-10(16)2-4-12/h1-7H,8H2,(H,18,19). The largest absolute Gasteiger partial charge is 0.484 e. The van der Waals surface area contributed by atoms with Gasteiger partial charge in [0.25, 0.3) is 5.91 Å². The zero-order valence-corrected chi connectivity index (χ0v) is 11.8. The number of nitrogens with one attached hydrogen (secondary N) is 1. The number of amides is 1. The number of anilines is 1. The predicted molar refractivity (Wildman–Crippen MR) is 74.6 cm³/mol. The third-order valence-corrected chi connectivity index (χ3v) is 2.79. The average Bonchev–Trinajstić information content (AvgIpc) is 2.38. The highest BCUT2D eigenvalue weighted by atomic mass is 79.9. The fourth-order valence-electron chi connectivity index (χ4n) is 1.49. The highest BCUT2D eigenvalue weighted by molar-refractivity contribution is 9.10. The predicted octanol–water partition coefficient (Wildman–Crippen LogP) is 3.74. The van der Waals surface area contributed by atoms with Crippen LogP contribution in [0.4, 0.5) is 14.5 Å². The van der Waals surface area contributed by atoms with Crippen LogP contribution in [0.1, 0.15) is 0 Å². The van der Waals surface area contributed by atoms with Crippen LogP contribution in [-0.4, -0.2) is 12.5 Å². The molecule has 0 heterocycles. The quantitative estimate of drug-likeness (QED) is 0.919. The summed E-state index contributed by atoms with van der Waals surface area (Å²) in [4.78, 5) is 11.6. The summed E-state index contributed by atoms with van der Waals surface area (Å²) in [5, 5.41) is 2.53. The van der Waals surface area contributed by atoms with Crippen LogP contribution < -0.4 is 10.1 Å². The first kappa shape index (κ1) is 14.5. The lowest BCUT2D eigenvalue weighted by Gasteiger charge is -2.08. The van der Waals surface area contributed by atoms with Crippen LogP contribution >= 0.6 is 15.9 Å².